The highest BCUT2D eigenvalue weighted by Gasteiger charge is 1.97. The standard InChI is InChI=1S/C12H20N4.HI/c1-3-4-8-15-12(13-2)16-10-11-7-5-6-9-14-11;/h5-7,9H,3-4,8,10H2,1-2H3,(H2,13,15,16);1H. The van der Waals surface area contributed by atoms with Gasteiger partial charge in [0.05, 0.1) is 12.2 Å². The minimum atomic E-state index is 0. The lowest BCUT2D eigenvalue weighted by Gasteiger charge is -2.10. The van der Waals surface area contributed by atoms with Crippen LogP contribution in [0.5, 0.6) is 0 Å². The summed E-state index contributed by atoms with van der Waals surface area (Å²) < 4.78 is 0. The molecule has 0 atom stereocenters. The summed E-state index contributed by atoms with van der Waals surface area (Å²) in [4.78, 5) is 8.38. The van der Waals surface area contributed by atoms with Crippen LogP contribution >= 0.6 is 24.0 Å². The van der Waals surface area contributed by atoms with Gasteiger partial charge in [-0.15, -0.1) is 24.0 Å². The second-order valence-corrected chi connectivity index (χ2v) is 3.53. The third-order valence-corrected chi connectivity index (χ3v) is 2.21. The first-order chi connectivity index (χ1) is 7.86. The molecule has 0 radical (unpaired) electrons. The number of hydrogen-bond acceptors (Lipinski definition) is 2. The average molecular weight is 348 g/mol. The average Bonchev–Trinajstić information content (AvgIpc) is 2.35. The normalized spacial score (nSPS) is 10.6. The lowest BCUT2D eigenvalue weighted by molar-refractivity contribution is 0.725. The van der Waals surface area contributed by atoms with Crippen LogP contribution < -0.4 is 10.6 Å². The molecule has 2 N–H and O–H groups in total. The van der Waals surface area contributed by atoms with E-state index in [0.29, 0.717) is 6.54 Å². The summed E-state index contributed by atoms with van der Waals surface area (Å²) in [6, 6.07) is 5.89. The predicted molar refractivity (Wildman–Crippen MR) is 82.8 cm³/mol. The van der Waals surface area contributed by atoms with E-state index in [-0.39, 0.29) is 24.0 Å². The SMILES string of the molecule is CCCCNC(=NC)NCc1ccccn1.I. The Morgan fingerprint density at radius 1 is 1.35 bits per heavy atom. The van der Waals surface area contributed by atoms with Gasteiger partial charge in [-0.3, -0.25) is 9.98 Å². The van der Waals surface area contributed by atoms with Crippen LogP contribution in [0.15, 0.2) is 29.4 Å². The van der Waals surface area contributed by atoms with Gasteiger partial charge in [-0.1, -0.05) is 19.4 Å². The van der Waals surface area contributed by atoms with Crippen LogP contribution in [0, 0.1) is 0 Å². The highest BCUT2D eigenvalue weighted by atomic mass is 127. The van der Waals surface area contributed by atoms with E-state index in [1.54, 1.807) is 13.2 Å². The number of guanidine groups is 1. The van der Waals surface area contributed by atoms with E-state index in [1.165, 1.54) is 6.42 Å². The highest BCUT2D eigenvalue weighted by molar-refractivity contribution is 14.0. The van der Waals surface area contributed by atoms with Crippen molar-refractivity contribution < 1.29 is 0 Å². The maximum atomic E-state index is 4.24. The summed E-state index contributed by atoms with van der Waals surface area (Å²) in [6.07, 6.45) is 4.14. The molecule has 1 rings (SSSR count). The second-order valence-electron chi connectivity index (χ2n) is 3.53. The fraction of sp³-hybridized carbons (Fsp3) is 0.500. The Balaban J connectivity index is 0.00000256. The highest BCUT2D eigenvalue weighted by Crippen LogP contribution is 1.91. The molecule has 0 unspecified atom stereocenters. The summed E-state index contributed by atoms with van der Waals surface area (Å²) >= 11 is 0. The van der Waals surface area contributed by atoms with Gasteiger partial charge in [0.2, 0.25) is 0 Å². The fourth-order valence-electron chi connectivity index (χ4n) is 1.28. The van der Waals surface area contributed by atoms with Crippen LogP contribution in [-0.2, 0) is 6.54 Å². The first-order valence-electron chi connectivity index (χ1n) is 5.71. The predicted octanol–water partition coefficient (Wildman–Crippen LogP) is 2.16. The maximum absolute atomic E-state index is 4.24. The van der Waals surface area contributed by atoms with E-state index in [4.69, 9.17) is 0 Å². The molecule has 5 heteroatoms. The van der Waals surface area contributed by atoms with Gasteiger partial charge in [-0.25, -0.2) is 0 Å². The van der Waals surface area contributed by atoms with Crippen molar-refractivity contribution in [2.75, 3.05) is 13.6 Å². The Hall–Kier alpha value is -0.850. The third kappa shape index (κ3) is 7.14. The molecule has 0 saturated carbocycles. The van der Waals surface area contributed by atoms with Gasteiger partial charge in [0.1, 0.15) is 0 Å². The molecule has 0 fully saturated rings. The number of unbranched alkanes of at least 4 members (excludes halogenated alkanes) is 1. The molecule has 0 spiro atoms. The molecular formula is C12H21IN4. The van der Waals surface area contributed by atoms with Crippen LogP contribution in [-0.4, -0.2) is 24.5 Å². The van der Waals surface area contributed by atoms with Crippen LogP contribution in [0.3, 0.4) is 0 Å². The summed E-state index contributed by atoms with van der Waals surface area (Å²) in [7, 11) is 1.78. The van der Waals surface area contributed by atoms with E-state index in [0.717, 1.165) is 24.6 Å². The number of nitrogens with one attached hydrogen (secondary N) is 2. The summed E-state index contributed by atoms with van der Waals surface area (Å²) in [6.45, 7) is 3.83. The minimum absolute atomic E-state index is 0. The van der Waals surface area contributed by atoms with Crippen molar-refractivity contribution in [3.8, 4) is 0 Å². The topological polar surface area (TPSA) is 49.3 Å². The third-order valence-electron chi connectivity index (χ3n) is 2.21. The molecule has 0 aliphatic heterocycles. The van der Waals surface area contributed by atoms with Gasteiger partial charge in [0.15, 0.2) is 5.96 Å². The van der Waals surface area contributed by atoms with Gasteiger partial charge in [0.25, 0.3) is 0 Å². The van der Waals surface area contributed by atoms with Crippen molar-refractivity contribution >= 4 is 29.9 Å². The number of pyridine rings is 1. The molecule has 0 aromatic carbocycles. The van der Waals surface area contributed by atoms with E-state index < -0.39 is 0 Å². The molecule has 1 aromatic heterocycles. The second kappa shape index (κ2) is 10.3. The molecule has 0 aliphatic carbocycles. The van der Waals surface area contributed by atoms with Gasteiger partial charge < -0.3 is 10.6 Å². The summed E-state index contributed by atoms with van der Waals surface area (Å²) in [5, 5.41) is 6.47. The van der Waals surface area contributed by atoms with E-state index in [9.17, 15) is 0 Å². The molecule has 4 nitrogen and oxygen atoms in total. The zero-order chi connectivity index (χ0) is 11.6. The van der Waals surface area contributed by atoms with E-state index >= 15 is 0 Å². The summed E-state index contributed by atoms with van der Waals surface area (Å²) in [5.41, 5.74) is 1.01. The number of aliphatic imine (C=N–C) groups is 1. The fourth-order valence-corrected chi connectivity index (χ4v) is 1.28. The van der Waals surface area contributed by atoms with E-state index in [1.807, 2.05) is 18.2 Å². The molecule has 17 heavy (non-hydrogen) atoms. The first-order valence-corrected chi connectivity index (χ1v) is 5.71. The van der Waals surface area contributed by atoms with Crippen molar-refractivity contribution in [1.29, 1.82) is 0 Å². The Morgan fingerprint density at radius 3 is 2.76 bits per heavy atom. The van der Waals surface area contributed by atoms with Crippen molar-refractivity contribution in [2.45, 2.75) is 26.3 Å². The Kier molecular flexibility index (Phi) is 9.80. The van der Waals surface area contributed by atoms with Crippen molar-refractivity contribution in [1.82, 2.24) is 15.6 Å². The largest absolute Gasteiger partial charge is 0.356 e. The number of halogens is 1. The van der Waals surface area contributed by atoms with Crippen LogP contribution in [0.2, 0.25) is 0 Å². The molecule has 1 aromatic rings. The van der Waals surface area contributed by atoms with Crippen LogP contribution in [0.1, 0.15) is 25.5 Å². The monoisotopic (exact) mass is 348 g/mol. The van der Waals surface area contributed by atoms with Gasteiger partial charge in [-0.2, -0.15) is 0 Å². The first kappa shape index (κ1) is 16.1. The van der Waals surface area contributed by atoms with Gasteiger partial charge >= 0.3 is 0 Å². The Bertz CT molecular complexity index is 314. The van der Waals surface area contributed by atoms with Crippen LogP contribution in [0.25, 0.3) is 0 Å². The van der Waals surface area contributed by atoms with Crippen molar-refractivity contribution in [3.63, 3.8) is 0 Å². The van der Waals surface area contributed by atoms with Gasteiger partial charge in [0, 0.05) is 19.8 Å². The van der Waals surface area contributed by atoms with E-state index in [2.05, 4.69) is 27.5 Å². The lowest BCUT2D eigenvalue weighted by Crippen LogP contribution is -2.37. The Labute approximate surface area is 120 Å². The van der Waals surface area contributed by atoms with Crippen LogP contribution in [0.4, 0.5) is 0 Å². The number of rotatable bonds is 5. The molecule has 0 aliphatic rings. The molecule has 0 bridgehead atoms. The quantitative estimate of drug-likeness (QED) is 0.371. The summed E-state index contributed by atoms with van der Waals surface area (Å²) in [5.74, 6) is 0.833. The zero-order valence-corrected chi connectivity index (χ0v) is 12.8. The smallest absolute Gasteiger partial charge is 0.191 e. The lowest BCUT2D eigenvalue weighted by atomic mass is 10.3. The molecule has 1 heterocycles. The molecule has 96 valence electrons. The van der Waals surface area contributed by atoms with Crippen molar-refractivity contribution in [3.05, 3.63) is 30.1 Å². The Morgan fingerprint density at radius 2 is 2.18 bits per heavy atom. The van der Waals surface area contributed by atoms with Gasteiger partial charge in [-0.05, 0) is 18.6 Å². The number of aromatic nitrogens is 1. The molecule has 0 saturated heterocycles. The molecular weight excluding hydrogens is 327 g/mol. The molecule has 0 amide bonds. The number of nitrogens with zero attached hydrogens (tertiary/aromatic N) is 2. The zero-order valence-electron chi connectivity index (χ0n) is 10.4. The minimum Gasteiger partial charge on any atom is -0.356 e. The number of hydrogen-bond donors (Lipinski definition) is 2. The van der Waals surface area contributed by atoms with Crippen molar-refractivity contribution in [2.24, 2.45) is 4.99 Å². The maximum Gasteiger partial charge on any atom is 0.191 e.